The van der Waals surface area contributed by atoms with Gasteiger partial charge in [-0.15, -0.1) is 0 Å². The summed E-state index contributed by atoms with van der Waals surface area (Å²) in [5.41, 5.74) is 0.828. The Morgan fingerprint density at radius 2 is 2.12 bits per heavy atom. The molecule has 3 atom stereocenters. The molecule has 2 saturated carbocycles. The van der Waals surface area contributed by atoms with Crippen molar-refractivity contribution < 1.29 is 9.84 Å². The minimum atomic E-state index is -0.421. The van der Waals surface area contributed by atoms with E-state index in [1.165, 1.54) is 19.3 Å². The largest absolute Gasteiger partial charge is 0.493 e. The third-order valence-corrected chi connectivity index (χ3v) is 4.18. The van der Waals surface area contributed by atoms with Crippen LogP contribution in [0.4, 0.5) is 0 Å². The maximum absolute atomic E-state index is 10.4. The lowest BCUT2D eigenvalue weighted by atomic mass is 9.94. The number of methoxy groups -OCH3 is 1. The molecule has 88 valence electrons. The molecule has 1 aromatic rings. The quantitative estimate of drug-likeness (QED) is 0.843. The summed E-state index contributed by atoms with van der Waals surface area (Å²) in [6.07, 6.45) is 4.97. The van der Waals surface area contributed by atoms with E-state index in [1.807, 2.05) is 7.05 Å². The molecule has 0 spiro atoms. The van der Waals surface area contributed by atoms with E-state index in [9.17, 15) is 5.11 Å². The summed E-state index contributed by atoms with van der Waals surface area (Å²) in [5.74, 6) is 2.88. The van der Waals surface area contributed by atoms with Crippen LogP contribution in [0, 0.1) is 17.8 Å². The molecule has 2 aliphatic rings. The Labute approximate surface area is 95.2 Å². The molecule has 3 rings (SSSR count). The molecule has 4 heteroatoms. The van der Waals surface area contributed by atoms with E-state index in [0.29, 0.717) is 11.7 Å². The van der Waals surface area contributed by atoms with E-state index >= 15 is 0 Å². The smallest absolute Gasteiger partial charge is 0.162 e. The van der Waals surface area contributed by atoms with Gasteiger partial charge in [-0.3, -0.25) is 4.68 Å². The Kier molecular flexibility index (Phi) is 2.21. The van der Waals surface area contributed by atoms with Gasteiger partial charge in [-0.05, 0) is 37.0 Å². The van der Waals surface area contributed by atoms with E-state index in [2.05, 4.69) is 5.10 Å². The third-order valence-electron chi connectivity index (χ3n) is 4.18. The highest BCUT2D eigenvalue weighted by Gasteiger charge is 2.48. The van der Waals surface area contributed by atoms with Crippen LogP contribution in [0.2, 0.25) is 0 Å². The van der Waals surface area contributed by atoms with Crippen LogP contribution in [0.15, 0.2) is 6.20 Å². The predicted molar refractivity (Wildman–Crippen MR) is 59.0 cm³/mol. The van der Waals surface area contributed by atoms with E-state index in [4.69, 9.17) is 4.74 Å². The second kappa shape index (κ2) is 3.48. The zero-order valence-electron chi connectivity index (χ0n) is 9.76. The van der Waals surface area contributed by atoms with Gasteiger partial charge in [0.25, 0.3) is 0 Å². The summed E-state index contributed by atoms with van der Waals surface area (Å²) >= 11 is 0. The zero-order chi connectivity index (χ0) is 11.3. The minimum absolute atomic E-state index is 0.396. The van der Waals surface area contributed by atoms with Gasteiger partial charge in [0, 0.05) is 7.05 Å². The Balaban J connectivity index is 1.82. The van der Waals surface area contributed by atoms with E-state index in [1.54, 1.807) is 18.0 Å². The summed E-state index contributed by atoms with van der Waals surface area (Å²) < 4.78 is 6.97. The summed E-state index contributed by atoms with van der Waals surface area (Å²) in [6.45, 7) is 0. The number of aromatic nitrogens is 2. The molecule has 1 aromatic heterocycles. The molecule has 16 heavy (non-hydrogen) atoms. The summed E-state index contributed by atoms with van der Waals surface area (Å²) in [5, 5.41) is 14.5. The molecule has 1 heterocycles. The highest BCUT2D eigenvalue weighted by molar-refractivity contribution is 5.28. The first kappa shape index (κ1) is 10.1. The fraction of sp³-hybridized carbons (Fsp3) is 0.750. The van der Waals surface area contributed by atoms with Gasteiger partial charge >= 0.3 is 0 Å². The predicted octanol–water partition coefficient (Wildman–Crippen LogP) is 1.51. The summed E-state index contributed by atoms with van der Waals surface area (Å²) in [6, 6.07) is 0. The Morgan fingerprint density at radius 1 is 1.44 bits per heavy atom. The first-order valence-corrected chi connectivity index (χ1v) is 5.94. The normalized spacial score (nSPS) is 33.6. The molecule has 0 aromatic carbocycles. The van der Waals surface area contributed by atoms with Gasteiger partial charge in [0.1, 0.15) is 11.8 Å². The lowest BCUT2D eigenvalue weighted by Gasteiger charge is -2.20. The average molecular weight is 222 g/mol. The monoisotopic (exact) mass is 222 g/mol. The number of hydrogen-bond donors (Lipinski definition) is 1. The van der Waals surface area contributed by atoms with Gasteiger partial charge in [-0.2, -0.15) is 5.10 Å². The highest BCUT2D eigenvalue weighted by Crippen LogP contribution is 2.57. The van der Waals surface area contributed by atoms with Crippen molar-refractivity contribution in [3.63, 3.8) is 0 Å². The standard InChI is InChI=1S/C12H18N2O2/c1-14-11(10(16-2)6-13-14)12(15)9-4-7-3-8(7)5-9/h6-9,12,15H,3-5H2,1-2H3. The van der Waals surface area contributed by atoms with Gasteiger partial charge in [0.05, 0.1) is 13.3 Å². The number of ether oxygens (including phenoxy) is 1. The van der Waals surface area contributed by atoms with Crippen molar-refractivity contribution in [2.45, 2.75) is 25.4 Å². The Hall–Kier alpha value is -1.03. The number of aliphatic hydroxyl groups is 1. The molecule has 0 amide bonds. The summed E-state index contributed by atoms with van der Waals surface area (Å²) in [4.78, 5) is 0. The fourth-order valence-electron chi connectivity index (χ4n) is 3.16. The number of aliphatic hydroxyl groups excluding tert-OH is 1. The second-order valence-electron chi connectivity index (χ2n) is 5.15. The number of hydrogen-bond acceptors (Lipinski definition) is 3. The third kappa shape index (κ3) is 1.44. The number of aryl methyl sites for hydroxylation is 1. The van der Waals surface area contributed by atoms with Crippen molar-refractivity contribution in [1.29, 1.82) is 0 Å². The maximum atomic E-state index is 10.4. The summed E-state index contributed by atoms with van der Waals surface area (Å²) in [7, 11) is 3.48. The molecule has 1 N–H and O–H groups in total. The molecular weight excluding hydrogens is 204 g/mol. The van der Waals surface area contributed by atoms with Crippen LogP contribution < -0.4 is 4.74 Å². The van der Waals surface area contributed by atoms with Gasteiger partial charge in [-0.25, -0.2) is 0 Å². The Morgan fingerprint density at radius 3 is 2.75 bits per heavy atom. The molecule has 3 unspecified atom stereocenters. The van der Waals surface area contributed by atoms with Gasteiger partial charge in [0.2, 0.25) is 0 Å². The van der Waals surface area contributed by atoms with E-state index < -0.39 is 6.10 Å². The highest BCUT2D eigenvalue weighted by atomic mass is 16.5. The molecular formula is C12H18N2O2. The molecule has 4 nitrogen and oxygen atoms in total. The second-order valence-corrected chi connectivity index (χ2v) is 5.15. The number of rotatable bonds is 3. The molecule has 2 fully saturated rings. The van der Waals surface area contributed by atoms with Crippen molar-refractivity contribution >= 4 is 0 Å². The molecule has 2 aliphatic carbocycles. The first-order chi connectivity index (χ1) is 7.70. The Bertz CT molecular complexity index is 392. The van der Waals surface area contributed by atoms with Crippen LogP contribution in [-0.2, 0) is 7.05 Å². The molecule has 0 aliphatic heterocycles. The van der Waals surface area contributed by atoms with E-state index in [0.717, 1.165) is 17.5 Å². The van der Waals surface area contributed by atoms with Crippen molar-refractivity contribution in [2.24, 2.45) is 24.8 Å². The van der Waals surface area contributed by atoms with E-state index in [-0.39, 0.29) is 0 Å². The lowest BCUT2D eigenvalue weighted by Crippen LogP contribution is -2.15. The molecule has 0 saturated heterocycles. The molecule has 0 bridgehead atoms. The van der Waals surface area contributed by atoms with Crippen molar-refractivity contribution in [1.82, 2.24) is 9.78 Å². The SMILES string of the molecule is COc1cnn(C)c1C(O)C1CC2CC2C1. The molecule has 0 radical (unpaired) electrons. The van der Waals surface area contributed by atoms with Crippen LogP contribution in [0.25, 0.3) is 0 Å². The minimum Gasteiger partial charge on any atom is -0.493 e. The first-order valence-electron chi connectivity index (χ1n) is 5.94. The van der Waals surface area contributed by atoms with Crippen LogP contribution in [0.3, 0.4) is 0 Å². The van der Waals surface area contributed by atoms with Crippen LogP contribution in [0.1, 0.15) is 31.1 Å². The number of fused-ring (bicyclic) bond motifs is 1. The van der Waals surface area contributed by atoms with Crippen LogP contribution in [-0.4, -0.2) is 22.0 Å². The van der Waals surface area contributed by atoms with Crippen molar-refractivity contribution in [2.75, 3.05) is 7.11 Å². The van der Waals surface area contributed by atoms with Gasteiger partial charge in [-0.1, -0.05) is 0 Å². The van der Waals surface area contributed by atoms with Gasteiger partial charge < -0.3 is 9.84 Å². The van der Waals surface area contributed by atoms with Crippen molar-refractivity contribution in [3.8, 4) is 5.75 Å². The number of nitrogens with zero attached hydrogens (tertiary/aromatic N) is 2. The maximum Gasteiger partial charge on any atom is 0.162 e. The van der Waals surface area contributed by atoms with Gasteiger partial charge in [0.15, 0.2) is 5.75 Å². The van der Waals surface area contributed by atoms with Crippen molar-refractivity contribution in [3.05, 3.63) is 11.9 Å². The van der Waals surface area contributed by atoms with Crippen LogP contribution >= 0.6 is 0 Å². The average Bonchev–Trinajstić information content (AvgIpc) is 2.74. The fourth-order valence-corrected chi connectivity index (χ4v) is 3.16. The lowest BCUT2D eigenvalue weighted by molar-refractivity contribution is 0.0936. The van der Waals surface area contributed by atoms with Crippen LogP contribution in [0.5, 0.6) is 5.75 Å². The topological polar surface area (TPSA) is 47.3 Å². The zero-order valence-corrected chi connectivity index (χ0v) is 9.76.